The number of halogens is 1. The molecule has 2 amide bonds. The van der Waals surface area contributed by atoms with Gasteiger partial charge < -0.3 is 19.2 Å². The van der Waals surface area contributed by atoms with Gasteiger partial charge in [-0.2, -0.15) is 0 Å². The van der Waals surface area contributed by atoms with Crippen LogP contribution in [0.4, 0.5) is 0 Å². The zero-order valence-electron chi connectivity index (χ0n) is 17.4. The molecular weight excluding hydrogens is 404 g/mol. The van der Waals surface area contributed by atoms with Gasteiger partial charge in [-0.3, -0.25) is 9.59 Å². The van der Waals surface area contributed by atoms with Gasteiger partial charge >= 0.3 is 0 Å². The summed E-state index contributed by atoms with van der Waals surface area (Å²) >= 11 is 5.99. The third-order valence-corrected chi connectivity index (χ3v) is 6.10. The summed E-state index contributed by atoms with van der Waals surface area (Å²) in [7, 11) is 4.04. The van der Waals surface area contributed by atoms with Crippen molar-refractivity contribution in [1.29, 1.82) is 0 Å². The highest BCUT2D eigenvalue weighted by atomic mass is 35.5. The van der Waals surface area contributed by atoms with Crippen LogP contribution in [-0.2, 0) is 22.6 Å². The molecule has 2 aromatic rings. The number of rotatable bonds is 6. The first-order valence-corrected chi connectivity index (χ1v) is 10.7. The number of hydrogen-bond donors (Lipinski definition) is 0. The smallest absolute Gasteiger partial charge is 0.228 e. The van der Waals surface area contributed by atoms with Crippen LogP contribution in [-0.4, -0.2) is 71.9 Å². The van der Waals surface area contributed by atoms with E-state index >= 15 is 0 Å². The average Bonchev–Trinajstić information content (AvgIpc) is 3.31. The van der Waals surface area contributed by atoms with Crippen molar-refractivity contribution >= 4 is 23.4 Å². The van der Waals surface area contributed by atoms with Gasteiger partial charge in [-0.1, -0.05) is 16.8 Å². The molecule has 1 saturated heterocycles. The van der Waals surface area contributed by atoms with Crippen LogP contribution in [0.1, 0.15) is 24.1 Å². The van der Waals surface area contributed by atoms with Gasteiger partial charge in [0.15, 0.2) is 5.76 Å². The molecular formula is C22H27ClN4O3. The predicted octanol–water partition coefficient (Wildman–Crippen LogP) is 2.68. The Morgan fingerprint density at radius 2 is 2.07 bits per heavy atom. The summed E-state index contributed by atoms with van der Waals surface area (Å²) in [5.41, 5.74) is 2.74. The number of carbonyl (C=O) groups is 2. The summed E-state index contributed by atoms with van der Waals surface area (Å²) in [5, 5.41) is 4.86. The Morgan fingerprint density at radius 1 is 1.30 bits per heavy atom. The number of hydrogen-bond acceptors (Lipinski definition) is 5. The summed E-state index contributed by atoms with van der Waals surface area (Å²) in [6, 6.07) is 7.41. The highest BCUT2D eigenvalue weighted by molar-refractivity contribution is 6.30. The molecule has 1 aromatic carbocycles. The Kier molecular flexibility index (Phi) is 6.11. The highest BCUT2D eigenvalue weighted by Gasteiger charge is 2.38. The van der Waals surface area contributed by atoms with Gasteiger partial charge in [0.2, 0.25) is 11.8 Å². The lowest BCUT2D eigenvalue weighted by Gasteiger charge is -2.28. The Bertz CT molecular complexity index is 925. The number of carbonyl (C=O) groups excluding carboxylic acids is 2. The van der Waals surface area contributed by atoms with Gasteiger partial charge in [-0.15, -0.1) is 0 Å². The standard InChI is InChI=1S/C22H27ClN4O3/c1-25(2)9-3-10-26-13-16(12-20(26)28)22(29)27-11-8-19-18(14-27)21(30-24-19)15-4-6-17(23)7-5-15/h4-7,16H,3,8-14H2,1-2H3. The Hall–Kier alpha value is -2.38. The van der Waals surface area contributed by atoms with E-state index in [1.165, 1.54) is 0 Å². The fraction of sp³-hybridized carbons (Fsp3) is 0.500. The number of fused-ring (bicyclic) bond motifs is 1. The van der Waals surface area contributed by atoms with Gasteiger partial charge in [0.05, 0.1) is 18.2 Å². The molecule has 4 rings (SSSR count). The second-order valence-corrected chi connectivity index (χ2v) is 8.79. The summed E-state index contributed by atoms with van der Waals surface area (Å²) in [6.45, 7) is 3.21. The van der Waals surface area contributed by atoms with Crippen molar-refractivity contribution in [1.82, 2.24) is 19.9 Å². The lowest BCUT2D eigenvalue weighted by Crippen LogP contribution is -2.40. The maximum Gasteiger partial charge on any atom is 0.228 e. The fourth-order valence-corrected chi connectivity index (χ4v) is 4.34. The SMILES string of the molecule is CN(C)CCCN1CC(C(=O)N2CCc3noc(-c4ccc(Cl)cc4)c3C2)CC1=O. The number of aromatic nitrogens is 1. The van der Waals surface area contributed by atoms with Crippen molar-refractivity contribution in [3.63, 3.8) is 0 Å². The van der Waals surface area contributed by atoms with Gasteiger partial charge in [0.1, 0.15) is 0 Å². The first-order valence-electron chi connectivity index (χ1n) is 10.4. The molecule has 0 aliphatic carbocycles. The topological polar surface area (TPSA) is 69.9 Å². The van der Waals surface area contributed by atoms with Crippen molar-refractivity contribution in [2.24, 2.45) is 5.92 Å². The van der Waals surface area contributed by atoms with E-state index < -0.39 is 0 Å². The molecule has 30 heavy (non-hydrogen) atoms. The zero-order valence-corrected chi connectivity index (χ0v) is 18.2. The second-order valence-electron chi connectivity index (χ2n) is 8.35. The van der Waals surface area contributed by atoms with E-state index in [2.05, 4.69) is 10.1 Å². The first-order chi connectivity index (χ1) is 14.4. The van der Waals surface area contributed by atoms with E-state index in [0.717, 1.165) is 29.8 Å². The minimum Gasteiger partial charge on any atom is -0.356 e. The van der Waals surface area contributed by atoms with Gasteiger partial charge in [0.25, 0.3) is 0 Å². The first kappa shape index (κ1) is 20.9. The molecule has 0 bridgehead atoms. The summed E-state index contributed by atoms with van der Waals surface area (Å²) < 4.78 is 5.60. The molecule has 0 radical (unpaired) electrons. The largest absolute Gasteiger partial charge is 0.356 e. The third kappa shape index (κ3) is 4.37. The second kappa shape index (κ2) is 8.78. The lowest BCUT2D eigenvalue weighted by molar-refractivity contribution is -0.136. The van der Waals surface area contributed by atoms with E-state index in [1.807, 2.05) is 48.2 Å². The molecule has 1 aromatic heterocycles. The van der Waals surface area contributed by atoms with Crippen molar-refractivity contribution in [3.8, 4) is 11.3 Å². The van der Waals surface area contributed by atoms with Crippen molar-refractivity contribution in [2.45, 2.75) is 25.8 Å². The molecule has 1 fully saturated rings. The van der Waals surface area contributed by atoms with Crippen LogP contribution in [0.25, 0.3) is 11.3 Å². The van der Waals surface area contributed by atoms with Crippen LogP contribution in [0.3, 0.4) is 0 Å². The molecule has 0 spiro atoms. The minimum atomic E-state index is -0.266. The quantitative estimate of drug-likeness (QED) is 0.704. The molecule has 160 valence electrons. The van der Waals surface area contributed by atoms with Gasteiger partial charge in [0, 0.05) is 48.6 Å². The van der Waals surface area contributed by atoms with Crippen LogP contribution in [0, 0.1) is 5.92 Å². The molecule has 2 aliphatic rings. The maximum absolute atomic E-state index is 13.2. The highest BCUT2D eigenvalue weighted by Crippen LogP contribution is 2.32. The van der Waals surface area contributed by atoms with Crippen molar-refractivity contribution < 1.29 is 14.1 Å². The van der Waals surface area contributed by atoms with Crippen LogP contribution in [0.5, 0.6) is 0 Å². The Balaban J connectivity index is 1.42. The molecule has 3 heterocycles. The molecule has 1 unspecified atom stereocenters. The van der Waals surface area contributed by atoms with E-state index in [-0.39, 0.29) is 17.7 Å². The van der Waals surface area contributed by atoms with E-state index in [1.54, 1.807) is 0 Å². The predicted molar refractivity (Wildman–Crippen MR) is 114 cm³/mol. The maximum atomic E-state index is 13.2. The minimum absolute atomic E-state index is 0.0485. The average molecular weight is 431 g/mol. The molecule has 0 saturated carbocycles. The van der Waals surface area contributed by atoms with Crippen LogP contribution in [0.15, 0.2) is 28.8 Å². The number of amides is 2. The van der Waals surface area contributed by atoms with E-state index in [9.17, 15) is 9.59 Å². The number of benzene rings is 1. The van der Waals surface area contributed by atoms with Crippen molar-refractivity contribution in [2.75, 3.05) is 40.3 Å². The number of nitrogens with zero attached hydrogens (tertiary/aromatic N) is 4. The fourth-order valence-electron chi connectivity index (χ4n) is 4.22. The van der Waals surface area contributed by atoms with Gasteiger partial charge in [-0.05, 0) is 51.3 Å². The third-order valence-electron chi connectivity index (χ3n) is 5.85. The van der Waals surface area contributed by atoms with Crippen molar-refractivity contribution in [3.05, 3.63) is 40.5 Å². The summed E-state index contributed by atoms with van der Waals surface area (Å²) in [6.07, 6.45) is 1.88. The normalized spacial score (nSPS) is 18.9. The number of likely N-dealkylation sites (tertiary alicyclic amines) is 1. The van der Waals surface area contributed by atoms with Crippen LogP contribution >= 0.6 is 11.6 Å². The van der Waals surface area contributed by atoms with E-state index in [4.69, 9.17) is 16.1 Å². The van der Waals surface area contributed by atoms with Crippen LogP contribution in [0.2, 0.25) is 5.02 Å². The molecule has 7 nitrogen and oxygen atoms in total. The van der Waals surface area contributed by atoms with Gasteiger partial charge in [-0.25, -0.2) is 0 Å². The molecule has 1 atom stereocenters. The van der Waals surface area contributed by atoms with E-state index in [0.29, 0.717) is 49.8 Å². The lowest BCUT2D eigenvalue weighted by atomic mass is 9.99. The monoisotopic (exact) mass is 430 g/mol. The molecule has 8 heteroatoms. The summed E-state index contributed by atoms with van der Waals surface area (Å²) in [4.78, 5) is 31.3. The molecule has 0 N–H and O–H groups in total. The zero-order chi connectivity index (χ0) is 21.3. The van der Waals surface area contributed by atoms with Crippen LogP contribution < -0.4 is 0 Å². The summed E-state index contributed by atoms with van der Waals surface area (Å²) in [5.74, 6) is 0.549. The Labute approximate surface area is 181 Å². The molecule has 2 aliphatic heterocycles. The Morgan fingerprint density at radius 3 is 2.80 bits per heavy atom.